The molecule has 0 aliphatic carbocycles. The number of carbonyl (C=O) groups is 2. The topological polar surface area (TPSA) is 76.5 Å². The number of halogens is 1. The third-order valence-electron chi connectivity index (χ3n) is 2.26. The lowest BCUT2D eigenvalue weighted by Crippen LogP contribution is -2.09. The lowest BCUT2D eigenvalue weighted by Gasteiger charge is -2.07. The van der Waals surface area contributed by atoms with Crippen LogP contribution < -0.4 is 0 Å². The zero-order valence-electron chi connectivity index (χ0n) is 10.6. The van der Waals surface area contributed by atoms with Crippen molar-refractivity contribution in [3.63, 3.8) is 0 Å². The third-order valence-corrected chi connectivity index (χ3v) is 3.49. The van der Waals surface area contributed by atoms with Gasteiger partial charge in [-0.05, 0) is 35.2 Å². The molecule has 0 aliphatic heterocycles. The van der Waals surface area contributed by atoms with Crippen molar-refractivity contribution < 1.29 is 19.4 Å². The van der Waals surface area contributed by atoms with Crippen molar-refractivity contribution in [3.8, 4) is 5.75 Å². The zero-order chi connectivity index (χ0) is 14.4. The number of hydrogen-bond acceptors (Lipinski definition) is 6. The summed E-state index contributed by atoms with van der Waals surface area (Å²) in [5, 5.41) is 10.4. The second-order valence-electron chi connectivity index (χ2n) is 3.57. The van der Waals surface area contributed by atoms with Gasteiger partial charge in [0.15, 0.2) is 17.2 Å². The molecule has 7 heteroatoms. The monoisotopic (exact) mass is 347 g/mol. The van der Waals surface area contributed by atoms with Gasteiger partial charge in [-0.25, -0.2) is 4.98 Å². The number of rotatable bonds is 6. The SMILES string of the molecule is CCOC(=O)CCC(=O)c1nc(SC)cc(Br)c1O. The van der Waals surface area contributed by atoms with Gasteiger partial charge in [0.1, 0.15) is 0 Å². The highest BCUT2D eigenvalue weighted by Gasteiger charge is 2.18. The number of pyridine rings is 1. The van der Waals surface area contributed by atoms with E-state index in [0.717, 1.165) is 0 Å². The Labute approximate surface area is 123 Å². The number of Topliss-reactive ketones (excluding diaryl/α,β-unsaturated/α-hetero) is 1. The summed E-state index contributed by atoms with van der Waals surface area (Å²) in [7, 11) is 0. The molecule has 0 fully saturated rings. The first-order valence-electron chi connectivity index (χ1n) is 5.61. The highest BCUT2D eigenvalue weighted by atomic mass is 79.9. The van der Waals surface area contributed by atoms with E-state index in [-0.39, 0.29) is 36.7 Å². The first-order chi connectivity index (χ1) is 8.99. The van der Waals surface area contributed by atoms with E-state index in [2.05, 4.69) is 20.9 Å². The number of esters is 1. The summed E-state index contributed by atoms with van der Waals surface area (Å²) in [6.07, 6.45) is 1.76. The van der Waals surface area contributed by atoms with E-state index in [0.29, 0.717) is 9.50 Å². The standard InChI is InChI=1S/C12H14BrNO4S/c1-3-18-10(16)5-4-8(15)11-12(17)7(13)6-9(14-11)19-2/h6,17H,3-5H2,1-2H3. The van der Waals surface area contributed by atoms with Crippen LogP contribution in [-0.4, -0.2) is 34.7 Å². The number of ketones is 1. The Morgan fingerprint density at radius 1 is 1.47 bits per heavy atom. The summed E-state index contributed by atoms with van der Waals surface area (Å²) in [4.78, 5) is 27.2. The molecule has 19 heavy (non-hydrogen) atoms. The summed E-state index contributed by atoms with van der Waals surface area (Å²) < 4.78 is 5.15. The quantitative estimate of drug-likeness (QED) is 0.484. The Kier molecular flexibility index (Phi) is 6.30. The van der Waals surface area contributed by atoms with E-state index >= 15 is 0 Å². The third kappa shape index (κ3) is 4.50. The maximum absolute atomic E-state index is 11.9. The normalized spacial score (nSPS) is 10.3. The molecule has 1 rings (SSSR count). The fourth-order valence-corrected chi connectivity index (χ4v) is 2.33. The maximum atomic E-state index is 11.9. The number of thioether (sulfide) groups is 1. The fraction of sp³-hybridized carbons (Fsp3) is 0.417. The molecular formula is C12H14BrNO4S. The second-order valence-corrected chi connectivity index (χ2v) is 5.25. The molecule has 0 atom stereocenters. The Hall–Kier alpha value is -1.08. The predicted molar refractivity (Wildman–Crippen MR) is 75.6 cm³/mol. The summed E-state index contributed by atoms with van der Waals surface area (Å²) in [6.45, 7) is 1.98. The average Bonchev–Trinajstić information content (AvgIpc) is 2.39. The maximum Gasteiger partial charge on any atom is 0.306 e. The predicted octanol–water partition coefficient (Wildman–Crippen LogP) is 2.80. The van der Waals surface area contributed by atoms with Crippen LogP contribution in [0, 0.1) is 0 Å². The van der Waals surface area contributed by atoms with E-state index < -0.39 is 5.97 Å². The van der Waals surface area contributed by atoms with Gasteiger partial charge in [-0.15, -0.1) is 11.8 Å². The minimum absolute atomic E-state index is 0.0189. The number of nitrogens with zero attached hydrogens (tertiary/aromatic N) is 1. The van der Waals surface area contributed by atoms with E-state index in [1.54, 1.807) is 13.0 Å². The Balaban J connectivity index is 2.82. The molecule has 1 N–H and O–H groups in total. The Morgan fingerprint density at radius 3 is 2.74 bits per heavy atom. The van der Waals surface area contributed by atoms with Gasteiger partial charge in [-0.2, -0.15) is 0 Å². The van der Waals surface area contributed by atoms with Crippen LogP contribution in [0.1, 0.15) is 30.3 Å². The van der Waals surface area contributed by atoms with Crippen LogP contribution >= 0.6 is 27.7 Å². The van der Waals surface area contributed by atoms with Crippen molar-refractivity contribution in [3.05, 3.63) is 16.2 Å². The lowest BCUT2D eigenvalue weighted by molar-refractivity contribution is -0.143. The van der Waals surface area contributed by atoms with Crippen LogP contribution in [0.15, 0.2) is 15.6 Å². The molecule has 0 amide bonds. The molecule has 0 radical (unpaired) electrons. The molecule has 1 aromatic rings. The minimum Gasteiger partial charge on any atom is -0.504 e. The van der Waals surface area contributed by atoms with Crippen molar-refractivity contribution in [1.82, 2.24) is 4.98 Å². The first kappa shape index (κ1) is 16.0. The first-order valence-corrected chi connectivity index (χ1v) is 7.63. The van der Waals surface area contributed by atoms with Crippen LogP contribution in [0.2, 0.25) is 0 Å². The van der Waals surface area contributed by atoms with Gasteiger partial charge in [0.05, 0.1) is 22.5 Å². The number of aromatic hydroxyl groups is 1. The van der Waals surface area contributed by atoms with Gasteiger partial charge in [0, 0.05) is 6.42 Å². The van der Waals surface area contributed by atoms with Gasteiger partial charge in [0.2, 0.25) is 0 Å². The summed E-state index contributed by atoms with van der Waals surface area (Å²) in [5.74, 6) is -1.02. The molecule has 1 heterocycles. The lowest BCUT2D eigenvalue weighted by atomic mass is 10.1. The van der Waals surface area contributed by atoms with Gasteiger partial charge < -0.3 is 9.84 Å². The zero-order valence-corrected chi connectivity index (χ0v) is 13.0. The van der Waals surface area contributed by atoms with E-state index in [1.807, 2.05) is 6.26 Å². The van der Waals surface area contributed by atoms with Crippen molar-refractivity contribution in [2.45, 2.75) is 24.8 Å². The highest BCUT2D eigenvalue weighted by Crippen LogP contribution is 2.31. The molecule has 0 aromatic carbocycles. The number of hydrogen-bond donors (Lipinski definition) is 1. The molecule has 0 aliphatic rings. The van der Waals surface area contributed by atoms with Gasteiger partial charge in [0.25, 0.3) is 0 Å². The molecule has 0 bridgehead atoms. The highest BCUT2D eigenvalue weighted by molar-refractivity contribution is 9.10. The molecule has 1 aromatic heterocycles. The van der Waals surface area contributed by atoms with Crippen LogP contribution in [0.3, 0.4) is 0 Å². The number of carbonyl (C=O) groups excluding carboxylic acids is 2. The second kappa shape index (κ2) is 7.49. The molecular weight excluding hydrogens is 334 g/mol. The molecule has 0 saturated heterocycles. The van der Waals surface area contributed by atoms with Crippen LogP contribution in [0.4, 0.5) is 0 Å². The molecule has 0 saturated carbocycles. The minimum atomic E-state index is -0.435. The summed E-state index contributed by atoms with van der Waals surface area (Å²) >= 11 is 4.52. The average molecular weight is 348 g/mol. The van der Waals surface area contributed by atoms with Gasteiger partial charge in [-0.3, -0.25) is 9.59 Å². The van der Waals surface area contributed by atoms with Crippen LogP contribution in [0.25, 0.3) is 0 Å². The Bertz CT molecular complexity index is 493. The van der Waals surface area contributed by atoms with E-state index in [9.17, 15) is 14.7 Å². The van der Waals surface area contributed by atoms with Gasteiger partial charge >= 0.3 is 5.97 Å². The largest absolute Gasteiger partial charge is 0.504 e. The van der Waals surface area contributed by atoms with E-state index in [1.165, 1.54) is 11.8 Å². The molecule has 0 spiro atoms. The van der Waals surface area contributed by atoms with Crippen LogP contribution in [-0.2, 0) is 9.53 Å². The van der Waals surface area contributed by atoms with Crippen molar-refractivity contribution in [1.29, 1.82) is 0 Å². The summed E-state index contributed by atoms with van der Waals surface area (Å²) in [5.41, 5.74) is -0.0250. The van der Waals surface area contributed by atoms with Crippen molar-refractivity contribution in [2.24, 2.45) is 0 Å². The van der Waals surface area contributed by atoms with E-state index in [4.69, 9.17) is 4.74 Å². The molecule has 0 unspecified atom stereocenters. The van der Waals surface area contributed by atoms with Gasteiger partial charge in [-0.1, -0.05) is 0 Å². The summed E-state index contributed by atoms with van der Waals surface area (Å²) in [6, 6.07) is 1.63. The van der Waals surface area contributed by atoms with Crippen molar-refractivity contribution in [2.75, 3.05) is 12.9 Å². The van der Waals surface area contributed by atoms with Crippen molar-refractivity contribution >= 4 is 39.4 Å². The fourth-order valence-electron chi connectivity index (χ4n) is 1.35. The number of ether oxygens (including phenoxy) is 1. The number of aromatic nitrogens is 1. The smallest absolute Gasteiger partial charge is 0.306 e. The molecule has 5 nitrogen and oxygen atoms in total. The van der Waals surface area contributed by atoms with Crippen LogP contribution in [0.5, 0.6) is 5.75 Å². The molecule has 104 valence electrons. The Morgan fingerprint density at radius 2 is 2.16 bits per heavy atom.